The van der Waals surface area contributed by atoms with E-state index in [-0.39, 0.29) is 11.9 Å². The van der Waals surface area contributed by atoms with Crippen molar-refractivity contribution in [1.29, 1.82) is 0 Å². The number of hydrogen-bond acceptors (Lipinski definition) is 6. The minimum absolute atomic E-state index is 0.0986. The van der Waals surface area contributed by atoms with E-state index < -0.39 is 0 Å². The Morgan fingerprint density at radius 1 is 0.968 bits per heavy atom. The van der Waals surface area contributed by atoms with Crippen LogP contribution in [0.2, 0.25) is 0 Å². The lowest BCUT2D eigenvalue weighted by Gasteiger charge is -2.36. The van der Waals surface area contributed by atoms with Crippen LogP contribution < -0.4 is 9.80 Å². The molecule has 0 bridgehead atoms. The molecule has 31 heavy (non-hydrogen) atoms. The standard InChI is InChI=1S/C22H27N7O2/c1-15-11-17(16-3-4-16)12-25-20(15)27-6-8-28(9-7-27)21(30)18-13-24-19(14-23-18)29-10-5-26(2)22(29)31/h11-14,16H,3-10H2,1-2H3. The summed E-state index contributed by atoms with van der Waals surface area (Å²) < 4.78 is 0. The fourth-order valence-corrected chi connectivity index (χ4v) is 4.27. The number of pyridine rings is 1. The second kappa shape index (κ2) is 7.79. The molecular weight excluding hydrogens is 394 g/mol. The van der Waals surface area contributed by atoms with Crippen molar-refractivity contribution in [2.45, 2.75) is 25.7 Å². The number of piperazine rings is 1. The highest BCUT2D eigenvalue weighted by molar-refractivity contribution is 5.94. The number of aryl methyl sites for hydroxylation is 1. The molecule has 4 heterocycles. The first-order chi connectivity index (χ1) is 15.0. The van der Waals surface area contributed by atoms with Crippen molar-refractivity contribution in [3.8, 4) is 0 Å². The number of nitrogens with zero attached hydrogens (tertiary/aromatic N) is 7. The van der Waals surface area contributed by atoms with E-state index in [9.17, 15) is 9.59 Å². The van der Waals surface area contributed by atoms with Gasteiger partial charge < -0.3 is 14.7 Å². The summed E-state index contributed by atoms with van der Waals surface area (Å²) in [6.07, 6.45) is 7.54. The summed E-state index contributed by atoms with van der Waals surface area (Å²) in [7, 11) is 1.76. The van der Waals surface area contributed by atoms with E-state index >= 15 is 0 Å². The Morgan fingerprint density at radius 2 is 1.74 bits per heavy atom. The van der Waals surface area contributed by atoms with Gasteiger partial charge in [-0.05, 0) is 36.8 Å². The van der Waals surface area contributed by atoms with Crippen LogP contribution in [-0.2, 0) is 0 Å². The Labute approximate surface area is 181 Å². The van der Waals surface area contributed by atoms with E-state index in [0.717, 1.165) is 18.9 Å². The molecule has 0 unspecified atom stereocenters. The van der Waals surface area contributed by atoms with Gasteiger partial charge in [0.2, 0.25) is 0 Å². The van der Waals surface area contributed by atoms with E-state index in [4.69, 9.17) is 4.98 Å². The molecule has 1 aliphatic carbocycles. The quantitative estimate of drug-likeness (QED) is 0.750. The summed E-state index contributed by atoms with van der Waals surface area (Å²) in [5, 5.41) is 0. The van der Waals surface area contributed by atoms with Crippen LogP contribution >= 0.6 is 0 Å². The highest BCUT2D eigenvalue weighted by atomic mass is 16.2. The van der Waals surface area contributed by atoms with Gasteiger partial charge in [0.15, 0.2) is 5.82 Å². The van der Waals surface area contributed by atoms with E-state index in [1.807, 2.05) is 11.1 Å². The largest absolute Gasteiger partial charge is 0.353 e. The Kier molecular flexibility index (Phi) is 4.95. The molecule has 2 saturated heterocycles. The molecule has 9 heteroatoms. The summed E-state index contributed by atoms with van der Waals surface area (Å²) in [5.41, 5.74) is 2.85. The topological polar surface area (TPSA) is 85.8 Å². The average molecular weight is 422 g/mol. The zero-order valence-electron chi connectivity index (χ0n) is 18.0. The number of carbonyl (C=O) groups is 2. The molecule has 3 aliphatic rings. The lowest BCUT2D eigenvalue weighted by Crippen LogP contribution is -2.49. The van der Waals surface area contributed by atoms with Gasteiger partial charge >= 0.3 is 6.03 Å². The number of aromatic nitrogens is 3. The highest BCUT2D eigenvalue weighted by Gasteiger charge is 2.29. The fraction of sp³-hybridized carbons (Fsp3) is 0.500. The van der Waals surface area contributed by atoms with Gasteiger partial charge in [0, 0.05) is 52.5 Å². The van der Waals surface area contributed by atoms with Crippen LogP contribution in [0.25, 0.3) is 0 Å². The van der Waals surface area contributed by atoms with Crippen LogP contribution in [0.1, 0.15) is 40.4 Å². The number of rotatable bonds is 4. The predicted molar refractivity (Wildman–Crippen MR) is 116 cm³/mol. The molecule has 3 fully saturated rings. The third kappa shape index (κ3) is 3.80. The molecule has 0 aromatic carbocycles. The van der Waals surface area contributed by atoms with Crippen molar-refractivity contribution in [1.82, 2.24) is 24.8 Å². The maximum absolute atomic E-state index is 12.9. The Morgan fingerprint density at radius 3 is 2.32 bits per heavy atom. The monoisotopic (exact) mass is 421 g/mol. The summed E-state index contributed by atoms with van der Waals surface area (Å²) in [5.74, 6) is 2.07. The molecule has 9 nitrogen and oxygen atoms in total. The van der Waals surface area contributed by atoms with Gasteiger partial charge in [0.1, 0.15) is 11.5 Å². The molecule has 0 radical (unpaired) electrons. The first-order valence-corrected chi connectivity index (χ1v) is 10.9. The third-order valence-corrected chi connectivity index (χ3v) is 6.34. The van der Waals surface area contributed by atoms with E-state index in [2.05, 4.69) is 27.9 Å². The van der Waals surface area contributed by atoms with Gasteiger partial charge in [-0.25, -0.2) is 19.7 Å². The fourth-order valence-electron chi connectivity index (χ4n) is 4.27. The van der Waals surface area contributed by atoms with E-state index in [0.29, 0.717) is 43.6 Å². The van der Waals surface area contributed by atoms with Crippen molar-refractivity contribution in [2.24, 2.45) is 0 Å². The minimum atomic E-state index is -0.127. The summed E-state index contributed by atoms with van der Waals surface area (Å²) in [6.45, 7) is 6.06. The van der Waals surface area contributed by atoms with Crippen molar-refractivity contribution >= 4 is 23.6 Å². The normalized spacial score (nSPS) is 19.4. The second-order valence-electron chi connectivity index (χ2n) is 8.58. The van der Waals surface area contributed by atoms with E-state index in [1.165, 1.54) is 36.4 Å². The first-order valence-electron chi connectivity index (χ1n) is 10.9. The lowest BCUT2D eigenvalue weighted by molar-refractivity contribution is 0.0740. The van der Waals surface area contributed by atoms with Crippen LogP contribution in [0.15, 0.2) is 24.7 Å². The van der Waals surface area contributed by atoms with Crippen molar-refractivity contribution < 1.29 is 9.59 Å². The van der Waals surface area contributed by atoms with Crippen molar-refractivity contribution in [2.75, 3.05) is 56.1 Å². The van der Waals surface area contributed by atoms with Crippen molar-refractivity contribution in [3.63, 3.8) is 0 Å². The number of likely N-dealkylation sites (N-methyl/N-ethyl adjacent to an activating group) is 1. The zero-order valence-corrected chi connectivity index (χ0v) is 18.0. The predicted octanol–water partition coefficient (Wildman–Crippen LogP) is 1.89. The van der Waals surface area contributed by atoms with Crippen molar-refractivity contribution in [3.05, 3.63) is 41.5 Å². The molecule has 0 atom stereocenters. The van der Waals surface area contributed by atoms with Crippen LogP contribution in [0.4, 0.5) is 16.4 Å². The molecular formula is C22H27N7O2. The average Bonchev–Trinajstić information content (AvgIpc) is 3.59. The molecule has 2 aromatic rings. The van der Waals surface area contributed by atoms with Gasteiger partial charge in [0.05, 0.1) is 12.4 Å². The van der Waals surface area contributed by atoms with Crippen LogP contribution in [0, 0.1) is 6.92 Å². The number of hydrogen-bond donors (Lipinski definition) is 0. The van der Waals surface area contributed by atoms with Gasteiger partial charge in [-0.3, -0.25) is 9.69 Å². The van der Waals surface area contributed by atoms with Gasteiger partial charge in [-0.15, -0.1) is 0 Å². The number of amides is 3. The maximum atomic E-state index is 12.9. The van der Waals surface area contributed by atoms with Crippen LogP contribution in [-0.4, -0.2) is 83.0 Å². The lowest BCUT2D eigenvalue weighted by atomic mass is 10.1. The highest BCUT2D eigenvalue weighted by Crippen LogP contribution is 2.40. The van der Waals surface area contributed by atoms with Crippen LogP contribution in [0.5, 0.6) is 0 Å². The molecule has 1 saturated carbocycles. The first kappa shape index (κ1) is 19.7. The van der Waals surface area contributed by atoms with Gasteiger partial charge in [-0.1, -0.05) is 6.07 Å². The maximum Gasteiger partial charge on any atom is 0.325 e. The molecule has 2 aliphatic heterocycles. The molecule has 2 aromatic heterocycles. The third-order valence-electron chi connectivity index (χ3n) is 6.34. The van der Waals surface area contributed by atoms with E-state index in [1.54, 1.807) is 16.8 Å². The molecule has 3 amide bonds. The van der Waals surface area contributed by atoms with Crippen LogP contribution in [0.3, 0.4) is 0 Å². The summed E-state index contributed by atoms with van der Waals surface area (Å²) in [6, 6.07) is 2.16. The minimum Gasteiger partial charge on any atom is -0.353 e. The summed E-state index contributed by atoms with van der Waals surface area (Å²) >= 11 is 0. The SMILES string of the molecule is Cc1cc(C2CC2)cnc1N1CCN(C(=O)c2cnc(N3CCN(C)C3=O)cn2)CC1. The second-order valence-corrected chi connectivity index (χ2v) is 8.58. The van der Waals surface area contributed by atoms with Gasteiger partial charge in [-0.2, -0.15) is 0 Å². The Balaban J connectivity index is 1.20. The Bertz CT molecular complexity index is 997. The zero-order chi connectivity index (χ0) is 21.5. The number of urea groups is 1. The number of carbonyl (C=O) groups excluding carboxylic acids is 2. The molecule has 0 spiro atoms. The molecule has 5 rings (SSSR count). The molecule has 162 valence electrons. The number of anilines is 2. The van der Waals surface area contributed by atoms with Gasteiger partial charge in [0.25, 0.3) is 5.91 Å². The summed E-state index contributed by atoms with van der Waals surface area (Å²) in [4.78, 5) is 45.6. The molecule has 0 N–H and O–H groups in total. The smallest absolute Gasteiger partial charge is 0.325 e. The Hall–Kier alpha value is -3.23.